The van der Waals surface area contributed by atoms with E-state index < -0.39 is 5.97 Å². The molecule has 6 nitrogen and oxygen atoms in total. The molecule has 1 N–H and O–H groups in total. The van der Waals surface area contributed by atoms with Gasteiger partial charge in [-0.25, -0.2) is 9.78 Å². The van der Waals surface area contributed by atoms with Gasteiger partial charge in [-0.3, -0.25) is 0 Å². The first-order valence-corrected chi connectivity index (χ1v) is 9.87. The van der Waals surface area contributed by atoms with E-state index in [1.165, 1.54) is 11.3 Å². The normalized spacial score (nSPS) is 12.8. The molecule has 0 saturated carbocycles. The quantitative estimate of drug-likeness (QED) is 0.591. The predicted octanol–water partition coefficient (Wildman–Crippen LogP) is 4.63. The van der Waals surface area contributed by atoms with Gasteiger partial charge in [0, 0.05) is 28.1 Å². The Hall–Kier alpha value is -2.61. The van der Waals surface area contributed by atoms with Gasteiger partial charge < -0.3 is 19.5 Å². The summed E-state index contributed by atoms with van der Waals surface area (Å²) in [6.07, 6.45) is 0. The van der Waals surface area contributed by atoms with E-state index in [2.05, 4.69) is 10.3 Å². The van der Waals surface area contributed by atoms with Crippen molar-refractivity contribution in [1.29, 1.82) is 0 Å². The highest BCUT2D eigenvalue weighted by atomic mass is 35.5. The summed E-state index contributed by atoms with van der Waals surface area (Å²) in [5, 5.41) is 6.09. The lowest BCUT2D eigenvalue weighted by Gasteiger charge is -2.20. The third-order valence-electron chi connectivity index (χ3n) is 4.11. The van der Waals surface area contributed by atoms with Crippen molar-refractivity contribution in [2.24, 2.45) is 0 Å². The fourth-order valence-corrected chi connectivity index (χ4v) is 3.75. The second-order valence-corrected chi connectivity index (χ2v) is 7.41. The molecule has 2 aromatic carbocycles. The molecule has 8 heteroatoms. The molecule has 0 atom stereocenters. The van der Waals surface area contributed by atoms with Crippen molar-refractivity contribution in [3.63, 3.8) is 0 Å². The number of fused-ring (bicyclic) bond motifs is 1. The van der Waals surface area contributed by atoms with E-state index in [0.29, 0.717) is 34.6 Å². The highest BCUT2D eigenvalue weighted by Gasteiger charge is 2.19. The number of nitrogens with zero attached hydrogens (tertiary/aromatic N) is 1. The van der Waals surface area contributed by atoms with Crippen LogP contribution in [0, 0.1) is 0 Å². The van der Waals surface area contributed by atoms with Crippen molar-refractivity contribution in [2.45, 2.75) is 19.8 Å². The van der Waals surface area contributed by atoms with E-state index in [-0.39, 0.29) is 19.1 Å². The smallest absolute Gasteiger partial charge is 0.358 e. The number of esters is 1. The van der Waals surface area contributed by atoms with Crippen LogP contribution < -0.4 is 10.1 Å². The number of aromatic nitrogens is 1. The molecule has 2 heterocycles. The van der Waals surface area contributed by atoms with E-state index in [1.54, 1.807) is 17.5 Å². The number of thiazole rings is 1. The zero-order chi connectivity index (χ0) is 19.3. The predicted molar refractivity (Wildman–Crippen MR) is 107 cm³/mol. The number of halogens is 1. The summed E-state index contributed by atoms with van der Waals surface area (Å²) in [6.45, 7) is 1.26. The number of benzene rings is 2. The van der Waals surface area contributed by atoms with E-state index in [4.69, 9.17) is 25.8 Å². The molecule has 144 valence electrons. The van der Waals surface area contributed by atoms with Gasteiger partial charge in [0.05, 0.1) is 6.61 Å². The van der Waals surface area contributed by atoms with Gasteiger partial charge in [0.1, 0.15) is 12.4 Å². The Morgan fingerprint density at radius 2 is 2.14 bits per heavy atom. The molecule has 1 aromatic heterocycles. The Balaban J connectivity index is 1.37. The standard InChI is InChI=1S/C20H17ClN2O4S/c21-16-6-14-9-25-12-27-18(14)15(7-16)10-26-19(24)17-11-28-20(23-17)22-8-13-4-2-1-3-5-13/h1-7,11H,8-10,12H2,(H,22,23). The molecule has 0 radical (unpaired) electrons. The van der Waals surface area contributed by atoms with Gasteiger partial charge in [-0.15, -0.1) is 11.3 Å². The van der Waals surface area contributed by atoms with Crippen LogP contribution in [-0.2, 0) is 29.2 Å². The second-order valence-electron chi connectivity index (χ2n) is 6.12. The Morgan fingerprint density at radius 1 is 1.29 bits per heavy atom. The molecule has 1 aliphatic heterocycles. The minimum atomic E-state index is -0.496. The van der Waals surface area contributed by atoms with Crippen LogP contribution in [0.2, 0.25) is 5.02 Å². The Labute approximate surface area is 171 Å². The van der Waals surface area contributed by atoms with Crippen LogP contribution in [0.3, 0.4) is 0 Å². The lowest BCUT2D eigenvalue weighted by atomic mass is 10.1. The van der Waals surface area contributed by atoms with Gasteiger partial charge in [0.2, 0.25) is 0 Å². The molecular formula is C20H17ClN2O4S. The van der Waals surface area contributed by atoms with Gasteiger partial charge in [0.15, 0.2) is 17.6 Å². The van der Waals surface area contributed by atoms with E-state index in [0.717, 1.165) is 11.1 Å². The number of rotatable bonds is 6. The highest BCUT2D eigenvalue weighted by Crippen LogP contribution is 2.32. The maximum absolute atomic E-state index is 12.4. The Morgan fingerprint density at radius 3 is 3.00 bits per heavy atom. The number of carbonyl (C=O) groups excluding carboxylic acids is 1. The Kier molecular flexibility index (Phi) is 5.76. The maximum atomic E-state index is 12.4. The van der Waals surface area contributed by atoms with E-state index in [1.807, 2.05) is 30.3 Å². The lowest BCUT2D eigenvalue weighted by molar-refractivity contribution is -0.0180. The SMILES string of the molecule is O=C(OCc1cc(Cl)cc2c1OCOC2)c1csc(NCc2ccccc2)n1. The monoisotopic (exact) mass is 416 g/mol. The lowest BCUT2D eigenvalue weighted by Crippen LogP contribution is -2.14. The van der Waals surface area contributed by atoms with Crippen LogP contribution in [-0.4, -0.2) is 17.7 Å². The van der Waals surface area contributed by atoms with Crippen LogP contribution in [0.25, 0.3) is 0 Å². The van der Waals surface area contributed by atoms with Gasteiger partial charge in [-0.05, 0) is 17.7 Å². The summed E-state index contributed by atoms with van der Waals surface area (Å²) in [5.41, 5.74) is 2.94. The number of carbonyl (C=O) groups is 1. The first kappa shape index (κ1) is 18.7. The molecule has 4 rings (SSSR count). The number of ether oxygens (including phenoxy) is 3. The Bertz CT molecular complexity index is 978. The van der Waals surface area contributed by atoms with Crippen LogP contribution in [0.5, 0.6) is 5.75 Å². The third-order valence-corrected chi connectivity index (χ3v) is 5.13. The van der Waals surface area contributed by atoms with Gasteiger partial charge >= 0.3 is 5.97 Å². The molecule has 0 bridgehead atoms. The average Bonchev–Trinajstić information content (AvgIpc) is 3.20. The number of hydrogen-bond donors (Lipinski definition) is 1. The van der Waals surface area contributed by atoms with E-state index >= 15 is 0 Å². The average molecular weight is 417 g/mol. The molecule has 1 aliphatic rings. The summed E-state index contributed by atoms with van der Waals surface area (Å²) in [7, 11) is 0. The van der Waals surface area contributed by atoms with Gasteiger partial charge in [-0.2, -0.15) is 0 Å². The molecular weight excluding hydrogens is 400 g/mol. The van der Waals surface area contributed by atoms with Gasteiger partial charge in [-0.1, -0.05) is 41.9 Å². The molecule has 0 saturated heterocycles. The zero-order valence-corrected chi connectivity index (χ0v) is 16.4. The van der Waals surface area contributed by atoms with Crippen LogP contribution >= 0.6 is 22.9 Å². The fourth-order valence-electron chi connectivity index (χ4n) is 2.80. The summed E-state index contributed by atoms with van der Waals surface area (Å²) in [4.78, 5) is 16.7. The minimum absolute atomic E-state index is 0.0476. The van der Waals surface area contributed by atoms with Crippen molar-refractivity contribution < 1.29 is 19.0 Å². The first-order chi connectivity index (χ1) is 13.7. The largest absolute Gasteiger partial charge is 0.467 e. The topological polar surface area (TPSA) is 69.7 Å². The van der Waals surface area contributed by atoms with E-state index in [9.17, 15) is 4.79 Å². The van der Waals surface area contributed by atoms with Crippen molar-refractivity contribution in [3.8, 4) is 5.75 Å². The highest BCUT2D eigenvalue weighted by molar-refractivity contribution is 7.13. The molecule has 0 spiro atoms. The van der Waals surface area contributed by atoms with Crippen molar-refractivity contribution in [1.82, 2.24) is 4.98 Å². The van der Waals surface area contributed by atoms with Crippen LogP contribution in [0.1, 0.15) is 27.2 Å². The van der Waals surface area contributed by atoms with Gasteiger partial charge in [0.25, 0.3) is 0 Å². The van der Waals surface area contributed by atoms with Crippen molar-refractivity contribution in [2.75, 3.05) is 12.1 Å². The van der Waals surface area contributed by atoms with Crippen LogP contribution in [0.4, 0.5) is 5.13 Å². The first-order valence-electron chi connectivity index (χ1n) is 8.61. The molecule has 0 aliphatic carbocycles. The third kappa shape index (κ3) is 4.44. The molecule has 28 heavy (non-hydrogen) atoms. The summed E-state index contributed by atoms with van der Waals surface area (Å²) >= 11 is 7.49. The summed E-state index contributed by atoms with van der Waals surface area (Å²) < 4.78 is 16.2. The summed E-state index contributed by atoms with van der Waals surface area (Å²) in [6, 6.07) is 13.5. The van der Waals surface area contributed by atoms with Crippen LogP contribution in [0.15, 0.2) is 47.8 Å². The molecule has 0 unspecified atom stereocenters. The zero-order valence-electron chi connectivity index (χ0n) is 14.8. The number of hydrogen-bond acceptors (Lipinski definition) is 7. The second kappa shape index (κ2) is 8.60. The molecule has 3 aromatic rings. The summed E-state index contributed by atoms with van der Waals surface area (Å²) in [5.74, 6) is 0.164. The fraction of sp³-hybridized carbons (Fsp3) is 0.200. The minimum Gasteiger partial charge on any atom is -0.467 e. The van der Waals surface area contributed by atoms with Crippen molar-refractivity contribution >= 4 is 34.0 Å². The number of anilines is 1. The molecule has 0 amide bonds. The number of nitrogens with one attached hydrogen (secondary N) is 1. The molecule has 0 fully saturated rings. The van der Waals surface area contributed by atoms with Crippen molar-refractivity contribution in [3.05, 3.63) is 75.3 Å². The maximum Gasteiger partial charge on any atom is 0.358 e.